The summed E-state index contributed by atoms with van der Waals surface area (Å²) in [5.41, 5.74) is 7.40. The van der Waals surface area contributed by atoms with Crippen LogP contribution in [0.3, 0.4) is 0 Å². The van der Waals surface area contributed by atoms with Crippen molar-refractivity contribution in [3.63, 3.8) is 0 Å². The molecule has 1 atom stereocenters. The Morgan fingerprint density at radius 1 is 1.24 bits per heavy atom. The molecule has 1 saturated heterocycles. The molecule has 0 aliphatic carbocycles. The molecule has 0 saturated carbocycles. The van der Waals surface area contributed by atoms with Crippen LogP contribution in [-0.2, 0) is 6.42 Å². The van der Waals surface area contributed by atoms with Gasteiger partial charge in [-0.3, -0.25) is 0 Å². The molecule has 1 aliphatic heterocycles. The minimum absolute atomic E-state index is 0.658. The molecule has 94 valence electrons. The van der Waals surface area contributed by atoms with Crippen molar-refractivity contribution in [2.45, 2.75) is 19.3 Å². The average Bonchev–Trinajstić information content (AvgIpc) is 2.38. The van der Waals surface area contributed by atoms with Crippen LogP contribution in [0.5, 0.6) is 0 Å². The van der Waals surface area contributed by atoms with Gasteiger partial charge in [0.05, 0.1) is 0 Å². The average molecular weight is 232 g/mol. The van der Waals surface area contributed by atoms with Crippen molar-refractivity contribution < 1.29 is 0 Å². The van der Waals surface area contributed by atoms with Crippen LogP contribution in [0.15, 0.2) is 30.3 Å². The zero-order chi connectivity index (χ0) is 12.1. The van der Waals surface area contributed by atoms with Gasteiger partial charge in [-0.25, -0.2) is 0 Å². The molecule has 2 N–H and O–H groups in total. The van der Waals surface area contributed by atoms with Crippen LogP contribution in [0.1, 0.15) is 18.4 Å². The molecule has 2 nitrogen and oxygen atoms in total. The molecule has 1 aliphatic rings. The van der Waals surface area contributed by atoms with Gasteiger partial charge in [0, 0.05) is 0 Å². The van der Waals surface area contributed by atoms with E-state index in [0.717, 1.165) is 18.9 Å². The molecule has 2 heteroatoms. The molecular formula is C15H24N2. The molecule has 0 aromatic heterocycles. The van der Waals surface area contributed by atoms with Crippen LogP contribution in [0.2, 0.25) is 0 Å². The van der Waals surface area contributed by atoms with Gasteiger partial charge in [-0.1, -0.05) is 30.3 Å². The number of hydrogen-bond acceptors (Lipinski definition) is 2. The number of nitrogens with two attached hydrogens (primary N) is 1. The van der Waals surface area contributed by atoms with E-state index in [0.29, 0.717) is 5.92 Å². The van der Waals surface area contributed by atoms with E-state index in [2.05, 4.69) is 42.3 Å². The fraction of sp³-hybridized carbons (Fsp3) is 0.600. The zero-order valence-corrected chi connectivity index (χ0v) is 10.8. The van der Waals surface area contributed by atoms with Gasteiger partial charge in [0.25, 0.3) is 0 Å². The van der Waals surface area contributed by atoms with Crippen LogP contribution in [0.4, 0.5) is 0 Å². The van der Waals surface area contributed by atoms with E-state index in [1.807, 2.05) is 0 Å². The number of hydrogen-bond donors (Lipinski definition) is 1. The minimum Gasteiger partial charge on any atom is -0.330 e. The molecule has 1 aromatic carbocycles. The highest BCUT2D eigenvalue weighted by Gasteiger charge is 2.24. The summed E-state index contributed by atoms with van der Waals surface area (Å²) in [6, 6.07) is 10.8. The van der Waals surface area contributed by atoms with E-state index in [1.165, 1.54) is 31.5 Å². The lowest BCUT2D eigenvalue weighted by molar-refractivity contribution is 0.172. The summed E-state index contributed by atoms with van der Waals surface area (Å²) >= 11 is 0. The van der Waals surface area contributed by atoms with Gasteiger partial charge in [0.1, 0.15) is 0 Å². The second kappa shape index (κ2) is 6.18. The maximum atomic E-state index is 5.97. The number of benzene rings is 1. The van der Waals surface area contributed by atoms with Crippen LogP contribution in [-0.4, -0.2) is 31.6 Å². The Hall–Kier alpha value is -0.860. The predicted octanol–water partition coefficient (Wildman–Crippen LogP) is 2.15. The summed E-state index contributed by atoms with van der Waals surface area (Å²) in [5, 5.41) is 0. The Morgan fingerprint density at radius 2 is 1.88 bits per heavy atom. The van der Waals surface area contributed by atoms with E-state index in [-0.39, 0.29) is 0 Å². The van der Waals surface area contributed by atoms with Crippen molar-refractivity contribution in [1.82, 2.24) is 4.90 Å². The highest BCUT2D eigenvalue weighted by atomic mass is 15.1. The monoisotopic (exact) mass is 232 g/mol. The second-order valence-corrected chi connectivity index (χ2v) is 5.33. The van der Waals surface area contributed by atoms with E-state index in [4.69, 9.17) is 5.73 Å². The topological polar surface area (TPSA) is 29.3 Å². The van der Waals surface area contributed by atoms with E-state index in [9.17, 15) is 0 Å². The van der Waals surface area contributed by atoms with E-state index >= 15 is 0 Å². The van der Waals surface area contributed by atoms with Crippen molar-refractivity contribution in [3.8, 4) is 0 Å². The van der Waals surface area contributed by atoms with Gasteiger partial charge in [0.2, 0.25) is 0 Å². The Balaban J connectivity index is 1.92. The lowest BCUT2D eigenvalue weighted by atomic mass is 9.81. The third-order valence-electron chi connectivity index (χ3n) is 4.07. The molecule has 2 rings (SSSR count). The van der Waals surface area contributed by atoms with Crippen LogP contribution < -0.4 is 5.73 Å². The first-order valence-corrected chi connectivity index (χ1v) is 6.72. The Labute approximate surface area is 105 Å². The maximum absolute atomic E-state index is 5.97. The summed E-state index contributed by atoms with van der Waals surface area (Å²) in [7, 11) is 2.21. The van der Waals surface area contributed by atoms with Gasteiger partial charge < -0.3 is 10.6 Å². The van der Waals surface area contributed by atoms with Crippen LogP contribution in [0, 0.1) is 11.8 Å². The smallest absolute Gasteiger partial charge is 0.00190 e. The van der Waals surface area contributed by atoms with Crippen molar-refractivity contribution >= 4 is 0 Å². The number of nitrogens with zero attached hydrogens (tertiary/aromatic N) is 1. The van der Waals surface area contributed by atoms with Crippen molar-refractivity contribution in [2.24, 2.45) is 17.6 Å². The van der Waals surface area contributed by atoms with Crippen LogP contribution >= 0.6 is 0 Å². The fourth-order valence-electron chi connectivity index (χ4n) is 2.86. The highest BCUT2D eigenvalue weighted by Crippen LogP contribution is 2.26. The zero-order valence-electron chi connectivity index (χ0n) is 10.8. The summed E-state index contributed by atoms with van der Waals surface area (Å²) < 4.78 is 0. The van der Waals surface area contributed by atoms with Crippen LogP contribution in [0.25, 0.3) is 0 Å². The number of piperidine rings is 1. The number of likely N-dealkylation sites (tertiary alicyclic amines) is 1. The summed E-state index contributed by atoms with van der Waals surface area (Å²) in [6.45, 7) is 3.29. The summed E-state index contributed by atoms with van der Waals surface area (Å²) in [5.74, 6) is 1.47. The summed E-state index contributed by atoms with van der Waals surface area (Å²) in [4.78, 5) is 2.42. The van der Waals surface area contributed by atoms with Gasteiger partial charge in [0.15, 0.2) is 0 Å². The molecule has 0 amide bonds. The lowest BCUT2D eigenvalue weighted by Gasteiger charge is -2.34. The molecule has 1 heterocycles. The maximum Gasteiger partial charge on any atom is -0.00190 e. The lowest BCUT2D eigenvalue weighted by Crippen LogP contribution is -2.36. The minimum atomic E-state index is 0.658. The molecule has 1 unspecified atom stereocenters. The molecule has 17 heavy (non-hydrogen) atoms. The summed E-state index contributed by atoms with van der Waals surface area (Å²) in [6.07, 6.45) is 3.77. The number of rotatable bonds is 4. The predicted molar refractivity (Wildman–Crippen MR) is 72.9 cm³/mol. The molecule has 1 aromatic rings. The first-order valence-electron chi connectivity index (χ1n) is 6.72. The Kier molecular flexibility index (Phi) is 4.57. The third kappa shape index (κ3) is 3.55. The molecular weight excluding hydrogens is 208 g/mol. The third-order valence-corrected chi connectivity index (χ3v) is 4.07. The largest absolute Gasteiger partial charge is 0.330 e. The molecule has 1 fully saturated rings. The van der Waals surface area contributed by atoms with E-state index < -0.39 is 0 Å². The van der Waals surface area contributed by atoms with Crippen molar-refractivity contribution in [1.29, 1.82) is 0 Å². The van der Waals surface area contributed by atoms with Gasteiger partial charge in [-0.2, -0.15) is 0 Å². The molecule has 0 spiro atoms. The SMILES string of the molecule is CN1CCC(C(CN)Cc2ccccc2)CC1. The van der Waals surface area contributed by atoms with Gasteiger partial charge in [-0.05, 0) is 63.3 Å². The first kappa shape index (κ1) is 12.6. The van der Waals surface area contributed by atoms with Crippen molar-refractivity contribution in [3.05, 3.63) is 35.9 Å². The van der Waals surface area contributed by atoms with Gasteiger partial charge in [-0.15, -0.1) is 0 Å². The first-order chi connectivity index (χ1) is 8.29. The molecule has 0 radical (unpaired) electrons. The standard InChI is InChI=1S/C15H24N2/c1-17-9-7-14(8-10-17)15(12-16)11-13-5-3-2-4-6-13/h2-6,14-15H,7-12,16H2,1H3. The quantitative estimate of drug-likeness (QED) is 0.862. The van der Waals surface area contributed by atoms with E-state index in [1.54, 1.807) is 0 Å². The Bertz CT molecular complexity index is 315. The fourth-order valence-corrected chi connectivity index (χ4v) is 2.86. The normalized spacial score (nSPS) is 20.4. The van der Waals surface area contributed by atoms with Crippen molar-refractivity contribution in [2.75, 3.05) is 26.7 Å². The second-order valence-electron chi connectivity index (χ2n) is 5.33. The highest BCUT2D eigenvalue weighted by molar-refractivity contribution is 5.15. The molecule has 0 bridgehead atoms. The Morgan fingerprint density at radius 3 is 2.47 bits per heavy atom. The van der Waals surface area contributed by atoms with Gasteiger partial charge >= 0.3 is 0 Å².